The second kappa shape index (κ2) is 8.90. The van der Waals surface area contributed by atoms with Crippen LogP contribution in [-0.4, -0.2) is 33.7 Å². The average molecular weight is 391 g/mol. The average Bonchev–Trinajstić information content (AvgIpc) is 2.65. The minimum atomic E-state index is -3.66. The van der Waals surface area contributed by atoms with Crippen LogP contribution in [0.4, 0.5) is 5.69 Å². The van der Waals surface area contributed by atoms with Gasteiger partial charge in [0.15, 0.2) is 0 Å². The van der Waals surface area contributed by atoms with E-state index in [1.807, 2.05) is 37.3 Å². The van der Waals surface area contributed by atoms with Gasteiger partial charge in [0, 0.05) is 0 Å². The number of hydrogen-bond donors (Lipinski definition) is 1. The van der Waals surface area contributed by atoms with E-state index in [0.717, 1.165) is 11.8 Å². The number of ether oxygens (including phenoxy) is 1. The zero-order valence-corrected chi connectivity index (χ0v) is 16.9. The molecule has 0 saturated carbocycles. The number of methoxy groups -OCH3 is 1. The summed E-state index contributed by atoms with van der Waals surface area (Å²) in [6.07, 6.45) is 1.44. The van der Waals surface area contributed by atoms with Crippen molar-refractivity contribution in [2.24, 2.45) is 0 Å². The van der Waals surface area contributed by atoms with Gasteiger partial charge in [-0.3, -0.25) is 9.10 Å². The van der Waals surface area contributed by atoms with Gasteiger partial charge in [0.25, 0.3) is 0 Å². The predicted octanol–water partition coefficient (Wildman–Crippen LogP) is 3.12. The van der Waals surface area contributed by atoms with Gasteiger partial charge in [0.05, 0.1) is 25.1 Å². The quantitative estimate of drug-likeness (QED) is 0.751. The summed E-state index contributed by atoms with van der Waals surface area (Å²) in [6.45, 7) is 3.66. The van der Waals surface area contributed by atoms with E-state index in [1.165, 1.54) is 11.4 Å². The van der Waals surface area contributed by atoms with Gasteiger partial charge >= 0.3 is 0 Å². The third-order valence-electron chi connectivity index (χ3n) is 4.31. The molecule has 2 atom stereocenters. The molecule has 0 spiro atoms. The van der Waals surface area contributed by atoms with Crippen LogP contribution in [0.15, 0.2) is 54.6 Å². The highest BCUT2D eigenvalue weighted by molar-refractivity contribution is 7.92. The Balaban J connectivity index is 2.30. The number of nitrogens with one attached hydrogen (secondary N) is 1. The van der Waals surface area contributed by atoms with Crippen molar-refractivity contribution in [3.8, 4) is 5.75 Å². The lowest BCUT2D eigenvalue weighted by molar-refractivity contribution is -0.122. The first kappa shape index (κ1) is 20.8. The number of carbonyl (C=O) groups excluding carboxylic acids is 1. The van der Waals surface area contributed by atoms with Crippen LogP contribution in [0.2, 0.25) is 0 Å². The Morgan fingerprint density at radius 3 is 2.19 bits per heavy atom. The molecule has 0 fully saturated rings. The van der Waals surface area contributed by atoms with Crippen LogP contribution in [0.3, 0.4) is 0 Å². The summed E-state index contributed by atoms with van der Waals surface area (Å²) in [5.74, 6) is 0.275. The van der Waals surface area contributed by atoms with Crippen LogP contribution >= 0.6 is 0 Å². The van der Waals surface area contributed by atoms with E-state index >= 15 is 0 Å². The number of benzene rings is 2. The minimum absolute atomic E-state index is 0.231. The largest absolute Gasteiger partial charge is 0.497 e. The summed E-state index contributed by atoms with van der Waals surface area (Å²) in [7, 11) is -2.12. The smallest absolute Gasteiger partial charge is 0.244 e. The summed E-state index contributed by atoms with van der Waals surface area (Å²) < 4.78 is 31.2. The van der Waals surface area contributed by atoms with Crippen molar-refractivity contribution in [3.05, 3.63) is 60.2 Å². The molecule has 0 unspecified atom stereocenters. The molecule has 0 aromatic heterocycles. The van der Waals surface area contributed by atoms with E-state index in [-0.39, 0.29) is 11.9 Å². The minimum Gasteiger partial charge on any atom is -0.497 e. The predicted molar refractivity (Wildman–Crippen MR) is 107 cm³/mol. The lowest BCUT2D eigenvalue weighted by Gasteiger charge is -2.31. The molecule has 0 radical (unpaired) electrons. The summed E-state index contributed by atoms with van der Waals surface area (Å²) in [4.78, 5) is 12.9. The van der Waals surface area contributed by atoms with Crippen molar-refractivity contribution in [2.45, 2.75) is 32.4 Å². The Bertz CT molecular complexity index is 851. The lowest BCUT2D eigenvalue weighted by atomic mass is 10.1. The lowest BCUT2D eigenvalue weighted by Crippen LogP contribution is -2.49. The van der Waals surface area contributed by atoms with Gasteiger partial charge in [-0.2, -0.15) is 0 Å². The fourth-order valence-corrected chi connectivity index (χ4v) is 4.14. The Morgan fingerprint density at radius 1 is 1.11 bits per heavy atom. The highest BCUT2D eigenvalue weighted by Crippen LogP contribution is 2.25. The Labute approximate surface area is 161 Å². The van der Waals surface area contributed by atoms with Crippen LogP contribution in [0.5, 0.6) is 5.75 Å². The highest BCUT2D eigenvalue weighted by Gasteiger charge is 2.32. The van der Waals surface area contributed by atoms with E-state index < -0.39 is 16.1 Å². The molecule has 6 nitrogen and oxygen atoms in total. The molecule has 2 aromatic rings. The van der Waals surface area contributed by atoms with Gasteiger partial charge in [-0.05, 0) is 43.2 Å². The van der Waals surface area contributed by atoms with Crippen LogP contribution in [-0.2, 0) is 14.8 Å². The van der Waals surface area contributed by atoms with Crippen LogP contribution in [0, 0.1) is 0 Å². The third kappa shape index (κ3) is 5.23. The van der Waals surface area contributed by atoms with Gasteiger partial charge in [-0.15, -0.1) is 0 Å². The second-order valence-electron chi connectivity index (χ2n) is 6.32. The zero-order chi connectivity index (χ0) is 20.0. The molecule has 2 aromatic carbocycles. The molecule has 7 heteroatoms. The summed E-state index contributed by atoms with van der Waals surface area (Å²) in [5.41, 5.74) is 1.38. The van der Waals surface area contributed by atoms with Crippen LogP contribution in [0.25, 0.3) is 0 Å². The Kier molecular flexibility index (Phi) is 6.85. The molecular formula is C20H26N2O4S. The molecule has 1 amide bonds. The Hall–Kier alpha value is -2.54. The first-order chi connectivity index (χ1) is 12.8. The maximum absolute atomic E-state index is 12.9. The van der Waals surface area contributed by atoms with Crippen molar-refractivity contribution < 1.29 is 17.9 Å². The standard InChI is InChI=1S/C20H26N2O4S/c1-5-19(20(23)21-15(2)16-9-7-6-8-10-16)22(27(4,24)25)17-11-13-18(26-3)14-12-17/h6-15,19H,5H2,1-4H3,(H,21,23)/t15-,19+/m1/s1. The Morgan fingerprint density at radius 2 is 1.70 bits per heavy atom. The molecular weight excluding hydrogens is 364 g/mol. The number of sulfonamides is 1. The highest BCUT2D eigenvalue weighted by atomic mass is 32.2. The topological polar surface area (TPSA) is 75.7 Å². The molecule has 0 aliphatic rings. The van der Waals surface area contributed by atoms with E-state index in [2.05, 4.69) is 5.32 Å². The zero-order valence-electron chi connectivity index (χ0n) is 16.0. The van der Waals surface area contributed by atoms with Crippen molar-refractivity contribution in [1.29, 1.82) is 0 Å². The van der Waals surface area contributed by atoms with Gasteiger partial charge in [0.2, 0.25) is 15.9 Å². The van der Waals surface area contributed by atoms with Crippen molar-refractivity contribution >= 4 is 21.6 Å². The fraction of sp³-hybridized carbons (Fsp3) is 0.350. The number of amides is 1. The van der Waals surface area contributed by atoms with Crippen molar-refractivity contribution in [3.63, 3.8) is 0 Å². The van der Waals surface area contributed by atoms with Gasteiger partial charge in [0.1, 0.15) is 11.8 Å². The molecule has 0 aliphatic heterocycles. The number of nitrogens with zero attached hydrogens (tertiary/aromatic N) is 1. The van der Waals surface area contributed by atoms with E-state index in [0.29, 0.717) is 17.9 Å². The van der Waals surface area contributed by atoms with E-state index in [1.54, 1.807) is 31.2 Å². The summed E-state index contributed by atoms with van der Waals surface area (Å²) in [5, 5.41) is 2.92. The SMILES string of the molecule is CC[C@@H](C(=O)N[C@H](C)c1ccccc1)N(c1ccc(OC)cc1)S(C)(=O)=O. The number of anilines is 1. The maximum atomic E-state index is 12.9. The van der Waals surface area contributed by atoms with Crippen LogP contribution in [0.1, 0.15) is 31.9 Å². The maximum Gasteiger partial charge on any atom is 0.244 e. The van der Waals surface area contributed by atoms with E-state index in [9.17, 15) is 13.2 Å². The summed E-state index contributed by atoms with van der Waals surface area (Å²) in [6, 6.07) is 15.1. The van der Waals surface area contributed by atoms with Gasteiger partial charge < -0.3 is 10.1 Å². The molecule has 27 heavy (non-hydrogen) atoms. The molecule has 0 saturated heterocycles. The first-order valence-corrected chi connectivity index (χ1v) is 10.6. The number of carbonyl (C=O) groups is 1. The molecule has 2 rings (SSSR count). The second-order valence-corrected chi connectivity index (χ2v) is 8.18. The van der Waals surface area contributed by atoms with Crippen molar-refractivity contribution in [2.75, 3.05) is 17.7 Å². The monoisotopic (exact) mass is 390 g/mol. The molecule has 0 bridgehead atoms. The molecule has 146 valence electrons. The third-order valence-corrected chi connectivity index (χ3v) is 5.49. The summed E-state index contributed by atoms with van der Waals surface area (Å²) >= 11 is 0. The number of rotatable bonds is 8. The number of hydrogen-bond acceptors (Lipinski definition) is 4. The van der Waals surface area contributed by atoms with Gasteiger partial charge in [-0.25, -0.2) is 8.42 Å². The first-order valence-electron chi connectivity index (χ1n) is 8.76. The van der Waals surface area contributed by atoms with Crippen molar-refractivity contribution in [1.82, 2.24) is 5.32 Å². The van der Waals surface area contributed by atoms with Gasteiger partial charge in [-0.1, -0.05) is 37.3 Å². The van der Waals surface area contributed by atoms with E-state index in [4.69, 9.17) is 4.74 Å². The molecule has 1 N–H and O–H groups in total. The molecule has 0 aliphatic carbocycles. The molecule has 0 heterocycles. The normalized spacial score (nSPS) is 13.5. The van der Waals surface area contributed by atoms with Crippen LogP contribution < -0.4 is 14.4 Å². The fourth-order valence-electron chi connectivity index (χ4n) is 2.92.